The predicted molar refractivity (Wildman–Crippen MR) is 105 cm³/mol. The molecule has 0 aliphatic heterocycles. The van der Waals surface area contributed by atoms with Gasteiger partial charge in [0.15, 0.2) is 5.96 Å². The highest BCUT2D eigenvalue weighted by molar-refractivity contribution is 14.0. The van der Waals surface area contributed by atoms with Crippen molar-refractivity contribution in [2.75, 3.05) is 39.5 Å². The summed E-state index contributed by atoms with van der Waals surface area (Å²) in [6.45, 7) is 15.1. The topological polar surface area (TPSA) is 39.7 Å². The van der Waals surface area contributed by atoms with E-state index >= 15 is 0 Å². The zero-order valence-electron chi connectivity index (χ0n) is 14.1. The third-order valence-electron chi connectivity index (χ3n) is 3.46. The lowest BCUT2D eigenvalue weighted by Gasteiger charge is -2.28. The maximum absolute atomic E-state index is 4.28. The Balaban J connectivity index is 0. The van der Waals surface area contributed by atoms with Gasteiger partial charge >= 0.3 is 0 Å². The first-order chi connectivity index (χ1) is 8.90. The molecular weight excluding hydrogens is 383 g/mol. The number of hydrogen-bond donors (Lipinski definition) is 2. The van der Waals surface area contributed by atoms with Gasteiger partial charge in [-0.3, -0.25) is 9.89 Å². The highest BCUT2D eigenvalue weighted by Crippen LogP contribution is 2.19. The summed E-state index contributed by atoms with van der Waals surface area (Å²) in [5, 5.41) is 6.79. The summed E-state index contributed by atoms with van der Waals surface area (Å²) in [7, 11) is 1.82. The first kappa shape index (κ1) is 22.6. The number of rotatable bonds is 8. The largest absolute Gasteiger partial charge is 0.355 e. The Morgan fingerprint density at radius 1 is 1.25 bits per heavy atom. The van der Waals surface area contributed by atoms with Gasteiger partial charge in [0.1, 0.15) is 0 Å². The number of nitrogens with one attached hydrogen (secondary N) is 2. The van der Waals surface area contributed by atoms with Gasteiger partial charge in [-0.15, -0.1) is 24.0 Å². The SMILES string of the molecule is CCN(CC)C(C)CNC(=NC)NCC(C)(C)SC.I. The van der Waals surface area contributed by atoms with Crippen LogP contribution in [0.2, 0.25) is 0 Å². The van der Waals surface area contributed by atoms with Crippen molar-refractivity contribution in [1.82, 2.24) is 15.5 Å². The van der Waals surface area contributed by atoms with E-state index in [0.29, 0.717) is 6.04 Å². The van der Waals surface area contributed by atoms with Gasteiger partial charge in [-0.2, -0.15) is 11.8 Å². The standard InChI is InChI=1S/C14H32N4S.HI/c1-8-18(9-2)12(3)10-16-13(15-6)17-11-14(4,5)19-7;/h12H,8-11H2,1-7H3,(H2,15,16,17);1H. The van der Waals surface area contributed by atoms with E-state index in [4.69, 9.17) is 0 Å². The van der Waals surface area contributed by atoms with Gasteiger partial charge in [0, 0.05) is 30.9 Å². The van der Waals surface area contributed by atoms with E-state index in [1.54, 1.807) is 0 Å². The number of aliphatic imine (C=N–C) groups is 1. The molecule has 1 unspecified atom stereocenters. The molecule has 0 saturated heterocycles. The van der Waals surface area contributed by atoms with Crippen LogP contribution in [-0.4, -0.2) is 61.1 Å². The maximum Gasteiger partial charge on any atom is 0.191 e. The molecule has 0 heterocycles. The van der Waals surface area contributed by atoms with Crippen LogP contribution in [0.15, 0.2) is 4.99 Å². The number of hydrogen-bond acceptors (Lipinski definition) is 3. The fraction of sp³-hybridized carbons (Fsp3) is 0.929. The first-order valence-corrected chi connectivity index (χ1v) is 8.36. The van der Waals surface area contributed by atoms with E-state index in [1.807, 2.05) is 18.8 Å². The molecule has 0 aromatic rings. The lowest BCUT2D eigenvalue weighted by Crippen LogP contribution is -2.48. The van der Waals surface area contributed by atoms with Crippen LogP contribution in [0, 0.1) is 0 Å². The summed E-state index contributed by atoms with van der Waals surface area (Å²) >= 11 is 1.86. The number of thioether (sulfide) groups is 1. The fourth-order valence-electron chi connectivity index (χ4n) is 1.81. The van der Waals surface area contributed by atoms with Gasteiger partial charge in [-0.1, -0.05) is 13.8 Å². The lowest BCUT2D eigenvalue weighted by atomic mass is 10.2. The molecule has 0 spiro atoms. The Bertz CT molecular complexity index is 268. The van der Waals surface area contributed by atoms with Crippen molar-refractivity contribution in [3.05, 3.63) is 0 Å². The fourth-order valence-corrected chi connectivity index (χ4v) is 2.03. The molecule has 4 nitrogen and oxygen atoms in total. The van der Waals surface area contributed by atoms with Crippen LogP contribution < -0.4 is 10.6 Å². The van der Waals surface area contributed by atoms with Crippen LogP contribution in [0.3, 0.4) is 0 Å². The van der Waals surface area contributed by atoms with E-state index in [9.17, 15) is 0 Å². The van der Waals surface area contributed by atoms with E-state index < -0.39 is 0 Å². The molecule has 0 aromatic carbocycles. The maximum atomic E-state index is 4.28. The zero-order chi connectivity index (χ0) is 14.9. The van der Waals surface area contributed by atoms with Crippen molar-refractivity contribution in [3.63, 3.8) is 0 Å². The molecule has 2 N–H and O–H groups in total. The summed E-state index contributed by atoms with van der Waals surface area (Å²) in [6, 6.07) is 0.516. The third kappa shape index (κ3) is 9.28. The van der Waals surface area contributed by atoms with Gasteiger partial charge in [-0.05, 0) is 40.1 Å². The minimum Gasteiger partial charge on any atom is -0.355 e. The van der Waals surface area contributed by atoms with Crippen LogP contribution >= 0.6 is 35.7 Å². The van der Waals surface area contributed by atoms with Gasteiger partial charge in [0.05, 0.1) is 0 Å². The van der Waals surface area contributed by atoms with Crippen molar-refractivity contribution >= 4 is 41.7 Å². The quantitative estimate of drug-likeness (QED) is 0.363. The average Bonchev–Trinajstić information content (AvgIpc) is 2.40. The molecule has 0 saturated carbocycles. The Hall–Kier alpha value is 0.310. The second kappa shape index (κ2) is 11.9. The van der Waals surface area contributed by atoms with Gasteiger partial charge in [-0.25, -0.2) is 0 Å². The molecule has 0 bridgehead atoms. The molecule has 0 aliphatic rings. The molecule has 0 fully saturated rings. The number of nitrogens with zero attached hydrogens (tertiary/aromatic N) is 2. The van der Waals surface area contributed by atoms with E-state index in [0.717, 1.165) is 32.1 Å². The average molecular weight is 416 g/mol. The zero-order valence-corrected chi connectivity index (χ0v) is 17.3. The monoisotopic (exact) mass is 416 g/mol. The van der Waals surface area contributed by atoms with E-state index in [-0.39, 0.29) is 28.7 Å². The molecular formula is C14H33IN4S. The van der Waals surface area contributed by atoms with Crippen LogP contribution in [0.5, 0.6) is 0 Å². The molecule has 20 heavy (non-hydrogen) atoms. The molecule has 0 aromatic heterocycles. The number of halogens is 1. The Labute approximate surface area is 147 Å². The Morgan fingerprint density at radius 2 is 1.80 bits per heavy atom. The van der Waals surface area contributed by atoms with Gasteiger partial charge < -0.3 is 10.6 Å². The van der Waals surface area contributed by atoms with Crippen LogP contribution in [0.4, 0.5) is 0 Å². The summed E-state index contributed by atoms with van der Waals surface area (Å²) in [6.07, 6.45) is 2.14. The summed E-state index contributed by atoms with van der Waals surface area (Å²) < 4.78 is 0.224. The van der Waals surface area contributed by atoms with Crippen LogP contribution in [0.1, 0.15) is 34.6 Å². The molecule has 122 valence electrons. The van der Waals surface area contributed by atoms with E-state index in [1.165, 1.54) is 0 Å². The van der Waals surface area contributed by atoms with Crippen molar-refractivity contribution in [3.8, 4) is 0 Å². The second-order valence-electron chi connectivity index (χ2n) is 5.34. The van der Waals surface area contributed by atoms with E-state index in [2.05, 4.69) is 61.4 Å². The minimum atomic E-state index is 0. The molecule has 0 aliphatic carbocycles. The molecule has 0 rings (SSSR count). The minimum absolute atomic E-state index is 0. The predicted octanol–water partition coefficient (Wildman–Crippen LogP) is 2.64. The molecule has 6 heteroatoms. The normalized spacial score (nSPS) is 13.9. The Morgan fingerprint density at radius 3 is 2.20 bits per heavy atom. The molecule has 0 amide bonds. The highest BCUT2D eigenvalue weighted by Gasteiger charge is 2.16. The molecule has 1 atom stereocenters. The summed E-state index contributed by atoms with van der Waals surface area (Å²) in [4.78, 5) is 6.71. The highest BCUT2D eigenvalue weighted by atomic mass is 127. The van der Waals surface area contributed by atoms with Crippen LogP contribution in [0.25, 0.3) is 0 Å². The van der Waals surface area contributed by atoms with Gasteiger partial charge in [0.2, 0.25) is 0 Å². The van der Waals surface area contributed by atoms with Crippen LogP contribution in [-0.2, 0) is 0 Å². The first-order valence-electron chi connectivity index (χ1n) is 7.13. The summed E-state index contributed by atoms with van der Waals surface area (Å²) in [5.41, 5.74) is 0. The number of guanidine groups is 1. The van der Waals surface area contributed by atoms with Crippen molar-refractivity contribution in [1.29, 1.82) is 0 Å². The second-order valence-corrected chi connectivity index (χ2v) is 6.85. The summed E-state index contributed by atoms with van der Waals surface area (Å²) in [5.74, 6) is 0.890. The van der Waals surface area contributed by atoms with Crippen molar-refractivity contribution < 1.29 is 0 Å². The van der Waals surface area contributed by atoms with Gasteiger partial charge in [0.25, 0.3) is 0 Å². The van der Waals surface area contributed by atoms with Crippen molar-refractivity contribution in [2.24, 2.45) is 4.99 Å². The molecule has 0 radical (unpaired) electrons. The third-order valence-corrected chi connectivity index (χ3v) is 4.71. The smallest absolute Gasteiger partial charge is 0.191 e. The lowest BCUT2D eigenvalue weighted by molar-refractivity contribution is 0.231. The number of likely N-dealkylation sites (N-methyl/N-ethyl adjacent to an activating group) is 1. The Kier molecular flexibility index (Phi) is 13.5. The van der Waals surface area contributed by atoms with Crippen molar-refractivity contribution in [2.45, 2.75) is 45.4 Å².